The first-order chi connectivity index (χ1) is 9.08. The maximum Gasteiger partial charge on any atom is 0.270 e. The quantitative estimate of drug-likeness (QED) is 0.639. The first-order valence-corrected chi connectivity index (χ1v) is 6.39. The van der Waals surface area contributed by atoms with Gasteiger partial charge in [0.2, 0.25) is 0 Å². The van der Waals surface area contributed by atoms with Crippen molar-refractivity contribution >= 4 is 11.6 Å². The van der Waals surface area contributed by atoms with Crippen LogP contribution in [0.1, 0.15) is 36.0 Å². The highest BCUT2D eigenvalue weighted by Crippen LogP contribution is 2.18. The fourth-order valence-corrected chi connectivity index (χ4v) is 2.35. The number of benzene rings is 1. The number of nitrogens with one attached hydrogen (secondary N) is 1. The third kappa shape index (κ3) is 3.29. The summed E-state index contributed by atoms with van der Waals surface area (Å²) in [6.07, 6.45) is 3.90. The second kappa shape index (κ2) is 5.79. The van der Waals surface area contributed by atoms with E-state index in [1.807, 2.05) is 0 Å². The highest BCUT2D eigenvalue weighted by Gasteiger charge is 2.24. The van der Waals surface area contributed by atoms with E-state index in [2.05, 4.69) is 5.32 Å². The number of rotatable bonds is 3. The predicted molar refractivity (Wildman–Crippen MR) is 70.8 cm³/mol. The Kier molecular flexibility index (Phi) is 4.11. The Hall–Kier alpha value is -1.95. The molecule has 1 aromatic carbocycles. The van der Waals surface area contributed by atoms with Gasteiger partial charge in [-0.2, -0.15) is 0 Å². The van der Waals surface area contributed by atoms with Gasteiger partial charge in [0, 0.05) is 29.8 Å². The normalized spacial score (nSPS) is 22.8. The van der Waals surface area contributed by atoms with Gasteiger partial charge in [-0.1, -0.05) is 18.9 Å². The number of hydrogen-bond acceptors (Lipinski definition) is 4. The smallest absolute Gasteiger partial charge is 0.270 e. The highest BCUT2D eigenvalue weighted by molar-refractivity contribution is 5.95. The third-order valence-corrected chi connectivity index (χ3v) is 3.46. The molecule has 6 heteroatoms. The van der Waals surface area contributed by atoms with E-state index < -0.39 is 4.92 Å². The number of carbonyl (C=O) groups is 1. The molecule has 1 amide bonds. The average molecular weight is 263 g/mol. The van der Waals surface area contributed by atoms with Crippen molar-refractivity contribution in [2.75, 3.05) is 0 Å². The van der Waals surface area contributed by atoms with Crippen molar-refractivity contribution in [2.45, 2.75) is 37.8 Å². The monoisotopic (exact) mass is 263 g/mol. The Morgan fingerprint density at radius 2 is 2.11 bits per heavy atom. The summed E-state index contributed by atoms with van der Waals surface area (Å²) in [5.74, 6) is -0.300. The number of nitro groups is 1. The highest BCUT2D eigenvalue weighted by atomic mass is 16.6. The van der Waals surface area contributed by atoms with Gasteiger partial charge in [-0.3, -0.25) is 14.9 Å². The Bertz CT molecular complexity index is 490. The van der Waals surface area contributed by atoms with Crippen LogP contribution in [0.15, 0.2) is 24.3 Å². The summed E-state index contributed by atoms with van der Waals surface area (Å²) in [6.45, 7) is 0. The fraction of sp³-hybridized carbons (Fsp3) is 0.462. The van der Waals surface area contributed by atoms with E-state index in [9.17, 15) is 14.9 Å². The number of nitrogens with zero attached hydrogens (tertiary/aromatic N) is 1. The van der Waals surface area contributed by atoms with Gasteiger partial charge in [-0.05, 0) is 18.9 Å². The summed E-state index contributed by atoms with van der Waals surface area (Å²) >= 11 is 0. The van der Waals surface area contributed by atoms with Crippen LogP contribution in [-0.2, 0) is 0 Å². The van der Waals surface area contributed by atoms with Gasteiger partial charge in [0.1, 0.15) is 0 Å². The Balaban J connectivity index is 2.07. The Morgan fingerprint density at radius 3 is 2.79 bits per heavy atom. The minimum atomic E-state index is -0.511. The molecule has 1 saturated carbocycles. The number of non-ortho nitro benzene ring substituents is 1. The summed E-state index contributed by atoms with van der Waals surface area (Å²) < 4.78 is 0. The lowest BCUT2D eigenvalue weighted by molar-refractivity contribution is -0.384. The fourth-order valence-electron chi connectivity index (χ4n) is 2.35. The first kappa shape index (κ1) is 13.5. The zero-order valence-electron chi connectivity index (χ0n) is 10.5. The molecular formula is C13H17N3O3. The van der Waals surface area contributed by atoms with Gasteiger partial charge in [-0.25, -0.2) is 0 Å². The van der Waals surface area contributed by atoms with Crippen LogP contribution in [0.2, 0.25) is 0 Å². The van der Waals surface area contributed by atoms with E-state index in [-0.39, 0.29) is 23.7 Å². The number of nitro benzene ring substituents is 1. The number of carbonyl (C=O) groups excluding carboxylic acids is 1. The average Bonchev–Trinajstić information content (AvgIpc) is 2.41. The molecule has 1 fully saturated rings. The number of hydrogen-bond donors (Lipinski definition) is 2. The van der Waals surface area contributed by atoms with Crippen LogP contribution < -0.4 is 11.1 Å². The molecule has 2 atom stereocenters. The van der Waals surface area contributed by atoms with E-state index in [4.69, 9.17) is 5.73 Å². The van der Waals surface area contributed by atoms with Crippen LogP contribution in [0.4, 0.5) is 5.69 Å². The Morgan fingerprint density at radius 1 is 1.37 bits per heavy atom. The number of nitrogens with two attached hydrogens (primary N) is 1. The molecule has 1 aliphatic carbocycles. The lowest BCUT2D eigenvalue weighted by Gasteiger charge is -2.29. The van der Waals surface area contributed by atoms with E-state index in [1.165, 1.54) is 18.2 Å². The van der Waals surface area contributed by atoms with Crippen molar-refractivity contribution in [3.8, 4) is 0 Å². The van der Waals surface area contributed by atoms with Crippen molar-refractivity contribution in [1.29, 1.82) is 0 Å². The first-order valence-electron chi connectivity index (χ1n) is 6.39. The minimum Gasteiger partial charge on any atom is -0.348 e. The predicted octanol–water partition coefficient (Wildman–Crippen LogP) is 1.59. The standard InChI is InChI=1S/C13H17N3O3/c14-11-6-1-2-7-12(11)15-13(17)9-4-3-5-10(8-9)16(18)19/h3-5,8,11-12H,1-2,6-7,14H2,(H,15,17)/t11-,12-/m1/s1. The van der Waals surface area contributed by atoms with Crippen molar-refractivity contribution in [3.05, 3.63) is 39.9 Å². The third-order valence-electron chi connectivity index (χ3n) is 3.46. The van der Waals surface area contributed by atoms with Gasteiger partial charge in [-0.15, -0.1) is 0 Å². The molecule has 0 heterocycles. The van der Waals surface area contributed by atoms with Crippen molar-refractivity contribution in [3.63, 3.8) is 0 Å². The topological polar surface area (TPSA) is 98.3 Å². The van der Waals surface area contributed by atoms with Crippen molar-refractivity contribution in [1.82, 2.24) is 5.32 Å². The molecular weight excluding hydrogens is 246 g/mol. The van der Waals surface area contributed by atoms with Crippen molar-refractivity contribution in [2.24, 2.45) is 5.73 Å². The van der Waals surface area contributed by atoms with E-state index >= 15 is 0 Å². The van der Waals surface area contributed by atoms with Gasteiger partial charge in [0.15, 0.2) is 0 Å². The van der Waals surface area contributed by atoms with Crippen LogP contribution in [0.3, 0.4) is 0 Å². The van der Waals surface area contributed by atoms with Gasteiger partial charge in [0.25, 0.3) is 11.6 Å². The molecule has 0 bridgehead atoms. The van der Waals surface area contributed by atoms with Gasteiger partial charge in [0.05, 0.1) is 4.92 Å². The van der Waals surface area contributed by atoms with E-state index in [0.717, 1.165) is 25.7 Å². The molecule has 6 nitrogen and oxygen atoms in total. The van der Waals surface area contributed by atoms with Gasteiger partial charge < -0.3 is 11.1 Å². The van der Waals surface area contributed by atoms with Crippen LogP contribution >= 0.6 is 0 Å². The molecule has 19 heavy (non-hydrogen) atoms. The zero-order valence-corrected chi connectivity index (χ0v) is 10.5. The molecule has 0 radical (unpaired) electrons. The van der Waals surface area contributed by atoms with Gasteiger partial charge >= 0.3 is 0 Å². The van der Waals surface area contributed by atoms with E-state index in [0.29, 0.717) is 5.56 Å². The van der Waals surface area contributed by atoms with Crippen LogP contribution in [0, 0.1) is 10.1 Å². The lowest BCUT2D eigenvalue weighted by atomic mass is 9.91. The van der Waals surface area contributed by atoms with Crippen LogP contribution in [-0.4, -0.2) is 22.9 Å². The summed E-state index contributed by atoms with van der Waals surface area (Å²) in [5, 5.41) is 13.5. The molecule has 0 spiro atoms. The number of amides is 1. The SMILES string of the molecule is N[C@@H]1CCCC[C@H]1NC(=O)c1cccc([N+](=O)[O-])c1. The zero-order chi connectivity index (χ0) is 13.8. The lowest BCUT2D eigenvalue weighted by Crippen LogP contribution is -2.49. The Labute approximate surface area is 111 Å². The summed E-state index contributed by atoms with van der Waals surface area (Å²) in [6, 6.07) is 5.65. The molecule has 2 rings (SSSR count). The largest absolute Gasteiger partial charge is 0.348 e. The molecule has 102 valence electrons. The van der Waals surface area contributed by atoms with E-state index in [1.54, 1.807) is 6.07 Å². The van der Waals surface area contributed by atoms with Crippen LogP contribution in [0.5, 0.6) is 0 Å². The summed E-state index contributed by atoms with van der Waals surface area (Å²) in [7, 11) is 0. The second-order valence-electron chi connectivity index (χ2n) is 4.84. The van der Waals surface area contributed by atoms with Crippen molar-refractivity contribution < 1.29 is 9.72 Å². The molecule has 1 aromatic rings. The maximum atomic E-state index is 12.0. The molecule has 0 aromatic heterocycles. The summed E-state index contributed by atoms with van der Waals surface area (Å²) in [4.78, 5) is 22.2. The molecule has 0 saturated heterocycles. The summed E-state index contributed by atoms with van der Waals surface area (Å²) in [5.41, 5.74) is 6.18. The maximum absolute atomic E-state index is 12.0. The molecule has 0 aliphatic heterocycles. The molecule has 0 unspecified atom stereocenters. The molecule has 3 N–H and O–H groups in total. The second-order valence-corrected chi connectivity index (χ2v) is 4.84. The minimum absolute atomic E-state index is 0.0311. The molecule has 1 aliphatic rings. The van der Waals surface area contributed by atoms with Crippen LogP contribution in [0.25, 0.3) is 0 Å².